The topological polar surface area (TPSA) is 66.4 Å². The van der Waals surface area contributed by atoms with Gasteiger partial charge in [-0.2, -0.15) is 0 Å². The monoisotopic (exact) mass is 297 g/mol. The summed E-state index contributed by atoms with van der Waals surface area (Å²) >= 11 is 1.40. The maximum Gasteiger partial charge on any atom is 0.335 e. The fourth-order valence-corrected chi connectivity index (χ4v) is 2.93. The number of nitrogens with one attached hydrogen (secondary N) is 1. The van der Waals surface area contributed by atoms with Crippen molar-refractivity contribution in [2.24, 2.45) is 0 Å². The van der Waals surface area contributed by atoms with Crippen molar-refractivity contribution >= 4 is 35.4 Å². The summed E-state index contributed by atoms with van der Waals surface area (Å²) in [6, 6.07) is 14.0. The van der Waals surface area contributed by atoms with Crippen molar-refractivity contribution in [1.82, 2.24) is 0 Å². The summed E-state index contributed by atoms with van der Waals surface area (Å²) in [6.07, 6.45) is 1.75. The zero-order valence-electron chi connectivity index (χ0n) is 10.9. The van der Waals surface area contributed by atoms with Crippen LogP contribution in [0, 0.1) is 0 Å². The Morgan fingerprint density at radius 3 is 2.52 bits per heavy atom. The summed E-state index contributed by atoms with van der Waals surface area (Å²) in [5.74, 6) is -1.12. The number of hydrogen-bond acceptors (Lipinski definition) is 3. The highest BCUT2D eigenvalue weighted by atomic mass is 32.2. The number of aromatic carboxylic acids is 1. The van der Waals surface area contributed by atoms with Crippen LogP contribution < -0.4 is 5.32 Å². The van der Waals surface area contributed by atoms with Crippen LogP contribution in [0.5, 0.6) is 0 Å². The lowest BCUT2D eigenvalue weighted by Crippen LogP contribution is -2.17. The summed E-state index contributed by atoms with van der Waals surface area (Å²) in [7, 11) is 0. The lowest BCUT2D eigenvalue weighted by Gasteiger charge is -2.18. The zero-order valence-corrected chi connectivity index (χ0v) is 11.7. The fraction of sp³-hybridized carbons (Fsp3) is 0. The van der Waals surface area contributed by atoms with E-state index in [2.05, 4.69) is 5.32 Å². The van der Waals surface area contributed by atoms with Crippen molar-refractivity contribution in [3.05, 3.63) is 64.6 Å². The van der Waals surface area contributed by atoms with Crippen molar-refractivity contribution in [3.63, 3.8) is 0 Å². The van der Waals surface area contributed by atoms with Gasteiger partial charge in [0.05, 0.1) is 16.2 Å². The number of anilines is 1. The summed E-state index contributed by atoms with van der Waals surface area (Å²) in [5.41, 5.74) is 1.83. The number of thioether (sulfide) groups is 1. The molecule has 0 fully saturated rings. The molecule has 2 aromatic carbocycles. The Balaban J connectivity index is 1.90. The molecule has 0 unspecified atom stereocenters. The molecule has 0 spiro atoms. The van der Waals surface area contributed by atoms with Gasteiger partial charge in [0, 0.05) is 4.90 Å². The third kappa shape index (κ3) is 2.83. The van der Waals surface area contributed by atoms with E-state index in [-0.39, 0.29) is 11.5 Å². The maximum absolute atomic E-state index is 12.0. The van der Waals surface area contributed by atoms with Crippen LogP contribution in [0.2, 0.25) is 0 Å². The molecule has 1 amide bonds. The zero-order chi connectivity index (χ0) is 14.8. The Morgan fingerprint density at radius 2 is 1.81 bits per heavy atom. The van der Waals surface area contributed by atoms with E-state index in [9.17, 15) is 9.59 Å². The smallest absolute Gasteiger partial charge is 0.335 e. The molecule has 0 saturated carbocycles. The first-order valence-corrected chi connectivity index (χ1v) is 7.08. The van der Waals surface area contributed by atoms with Crippen LogP contribution in [-0.2, 0) is 4.79 Å². The molecular weight excluding hydrogens is 286 g/mol. The molecular formula is C16H11NO3S. The van der Waals surface area contributed by atoms with E-state index in [1.165, 1.54) is 23.9 Å². The average molecular weight is 297 g/mol. The van der Waals surface area contributed by atoms with Gasteiger partial charge in [0.25, 0.3) is 5.91 Å². The first-order chi connectivity index (χ1) is 10.1. The molecule has 0 aliphatic carbocycles. The second kappa shape index (κ2) is 5.46. The van der Waals surface area contributed by atoms with Gasteiger partial charge in [-0.15, -0.1) is 0 Å². The molecule has 0 saturated heterocycles. The highest BCUT2D eigenvalue weighted by Crippen LogP contribution is 2.38. The molecule has 0 aromatic heterocycles. The van der Waals surface area contributed by atoms with E-state index >= 15 is 0 Å². The quantitative estimate of drug-likeness (QED) is 0.833. The van der Waals surface area contributed by atoms with Crippen LogP contribution in [-0.4, -0.2) is 17.0 Å². The van der Waals surface area contributed by atoms with Crippen LogP contribution in [0.1, 0.15) is 15.9 Å². The molecule has 1 aliphatic heterocycles. The van der Waals surface area contributed by atoms with Gasteiger partial charge in [-0.25, -0.2) is 4.79 Å². The third-order valence-electron chi connectivity index (χ3n) is 3.03. The molecule has 2 aromatic rings. The van der Waals surface area contributed by atoms with Crippen LogP contribution >= 0.6 is 11.8 Å². The molecule has 0 radical (unpaired) electrons. The van der Waals surface area contributed by atoms with E-state index in [4.69, 9.17) is 5.11 Å². The number of carbonyl (C=O) groups excluding carboxylic acids is 1. The van der Waals surface area contributed by atoms with Gasteiger partial charge in [0.2, 0.25) is 0 Å². The van der Waals surface area contributed by atoms with Gasteiger partial charge in [-0.1, -0.05) is 36.0 Å². The number of fused-ring (bicyclic) bond motifs is 1. The van der Waals surface area contributed by atoms with Crippen molar-refractivity contribution in [1.29, 1.82) is 0 Å². The molecule has 5 heteroatoms. The Hall–Kier alpha value is -2.53. The molecule has 1 heterocycles. The number of carboxylic acids is 1. The van der Waals surface area contributed by atoms with E-state index in [0.29, 0.717) is 4.91 Å². The number of amides is 1. The Kier molecular flexibility index (Phi) is 3.50. The van der Waals surface area contributed by atoms with Crippen molar-refractivity contribution in [2.75, 3.05) is 5.32 Å². The minimum absolute atomic E-state index is 0.152. The number of carbonyl (C=O) groups is 2. The van der Waals surface area contributed by atoms with Gasteiger partial charge in [0.15, 0.2) is 0 Å². The van der Waals surface area contributed by atoms with Gasteiger partial charge in [-0.3, -0.25) is 4.79 Å². The molecule has 3 rings (SSSR count). The van der Waals surface area contributed by atoms with E-state index < -0.39 is 5.97 Å². The number of hydrogen-bond donors (Lipinski definition) is 2. The highest BCUT2D eigenvalue weighted by Gasteiger charge is 2.20. The molecule has 2 N–H and O–H groups in total. The lowest BCUT2D eigenvalue weighted by atomic mass is 10.1. The van der Waals surface area contributed by atoms with Crippen molar-refractivity contribution in [3.8, 4) is 0 Å². The van der Waals surface area contributed by atoms with Crippen molar-refractivity contribution in [2.45, 2.75) is 4.90 Å². The van der Waals surface area contributed by atoms with Crippen molar-refractivity contribution < 1.29 is 14.7 Å². The summed E-state index contributed by atoms with van der Waals surface area (Å²) in [5, 5.41) is 11.7. The SMILES string of the molecule is O=C1Nc2ccccc2S/C1=C/c1ccc(C(=O)O)cc1. The minimum atomic E-state index is -0.965. The first-order valence-electron chi connectivity index (χ1n) is 6.27. The van der Waals surface area contributed by atoms with E-state index in [1.54, 1.807) is 18.2 Å². The summed E-state index contributed by atoms with van der Waals surface area (Å²) in [6.45, 7) is 0. The Morgan fingerprint density at radius 1 is 1.10 bits per heavy atom. The molecule has 0 atom stereocenters. The van der Waals surface area contributed by atoms with Crippen LogP contribution in [0.3, 0.4) is 0 Å². The van der Waals surface area contributed by atoms with Gasteiger partial charge in [-0.05, 0) is 35.9 Å². The minimum Gasteiger partial charge on any atom is -0.478 e. The van der Waals surface area contributed by atoms with Crippen LogP contribution in [0.25, 0.3) is 6.08 Å². The molecule has 0 bridgehead atoms. The molecule has 4 nitrogen and oxygen atoms in total. The second-order valence-corrected chi connectivity index (χ2v) is 5.57. The number of carboxylic acid groups (broad SMARTS) is 1. The lowest BCUT2D eigenvalue weighted by molar-refractivity contribution is -0.112. The number of benzene rings is 2. The molecule has 21 heavy (non-hydrogen) atoms. The normalized spacial score (nSPS) is 15.4. The van der Waals surface area contributed by atoms with E-state index in [1.807, 2.05) is 24.3 Å². The summed E-state index contributed by atoms with van der Waals surface area (Å²) in [4.78, 5) is 24.4. The largest absolute Gasteiger partial charge is 0.478 e. The van der Waals surface area contributed by atoms with Crippen LogP contribution in [0.4, 0.5) is 5.69 Å². The van der Waals surface area contributed by atoms with Gasteiger partial charge < -0.3 is 10.4 Å². The summed E-state index contributed by atoms with van der Waals surface area (Å²) < 4.78 is 0. The Labute approximate surface area is 125 Å². The fourth-order valence-electron chi connectivity index (χ4n) is 1.98. The molecule has 104 valence electrons. The maximum atomic E-state index is 12.0. The molecule has 1 aliphatic rings. The van der Waals surface area contributed by atoms with Gasteiger partial charge in [0.1, 0.15) is 0 Å². The third-order valence-corrected chi connectivity index (χ3v) is 4.13. The number of para-hydroxylation sites is 1. The highest BCUT2D eigenvalue weighted by molar-refractivity contribution is 8.04. The Bertz CT molecular complexity index is 750. The number of rotatable bonds is 2. The average Bonchev–Trinajstić information content (AvgIpc) is 2.48. The standard InChI is InChI=1S/C16H11NO3S/c18-15-14(21-13-4-2-1-3-12(13)17-15)9-10-5-7-11(8-6-10)16(19)20/h1-9H,(H,17,18)(H,19,20)/b14-9+. The predicted molar refractivity (Wildman–Crippen MR) is 82.3 cm³/mol. The predicted octanol–water partition coefficient (Wildman–Crippen LogP) is 3.47. The van der Waals surface area contributed by atoms with Gasteiger partial charge >= 0.3 is 5.97 Å². The van der Waals surface area contributed by atoms with Crippen LogP contribution in [0.15, 0.2) is 58.3 Å². The second-order valence-electron chi connectivity index (χ2n) is 4.49. The first kappa shape index (κ1) is 13.5. The van der Waals surface area contributed by atoms with E-state index in [0.717, 1.165) is 16.1 Å².